The summed E-state index contributed by atoms with van der Waals surface area (Å²) in [7, 11) is 0. The van der Waals surface area contributed by atoms with Crippen molar-refractivity contribution in [1.82, 2.24) is 9.80 Å². The minimum absolute atomic E-state index is 0.164. The highest BCUT2D eigenvalue weighted by molar-refractivity contribution is 5.78. The smallest absolute Gasteiger partial charge is 0.323 e. The van der Waals surface area contributed by atoms with E-state index < -0.39 is 52.3 Å². The summed E-state index contributed by atoms with van der Waals surface area (Å²) in [5.74, 6) is -1.99. The van der Waals surface area contributed by atoms with Gasteiger partial charge in [-0.1, -0.05) is 6.42 Å². The number of carbonyl (C=O) groups excluding carboxylic acids is 4. The summed E-state index contributed by atoms with van der Waals surface area (Å²) in [5.41, 5.74) is 2.83. The van der Waals surface area contributed by atoms with E-state index in [1.165, 1.54) is 0 Å². The second-order valence-corrected chi connectivity index (χ2v) is 14.3. The van der Waals surface area contributed by atoms with Crippen LogP contribution in [0.15, 0.2) is 0 Å². The molecule has 0 radical (unpaired) electrons. The van der Waals surface area contributed by atoms with Gasteiger partial charge in [-0.25, -0.2) is 0 Å². The van der Waals surface area contributed by atoms with E-state index in [-0.39, 0.29) is 32.7 Å². The fraction of sp³-hybridized carbons (Fsp3) is 0.867. The molecule has 240 valence electrons. The third kappa shape index (κ3) is 21.2. The van der Waals surface area contributed by atoms with Crippen LogP contribution in [-0.4, -0.2) is 101 Å². The predicted molar refractivity (Wildman–Crippen MR) is 158 cm³/mol. The largest absolute Gasteiger partial charge is 0.459 e. The summed E-state index contributed by atoms with van der Waals surface area (Å²) in [6.45, 7) is 21.5. The number of hydrogen-bond acceptors (Lipinski definition) is 11. The second-order valence-electron chi connectivity index (χ2n) is 14.3. The molecule has 0 aromatic carbocycles. The lowest BCUT2D eigenvalue weighted by Gasteiger charge is -2.34. The molecule has 0 amide bonds. The number of nitrogens with two attached hydrogens (primary N) is 1. The number of rotatable bonds is 15. The Hall–Kier alpha value is -2.24. The molecule has 0 saturated heterocycles. The first-order valence-corrected chi connectivity index (χ1v) is 14.5. The quantitative estimate of drug-likeness (QED) is 0.171. The maximum Gasteiger partial charge on any atom is 0.323 e. The maximum atomic E-state index is 13.4. The molecule has 0 rings (SSSR count). The normalized spacial score (nSPS) is 13.6. The van der Waals surface area contributed by atoms with Crippen molar-refractivity contribution in [3.8, 4) is 0 Å². The summed E-state index contributed by atoms with van der Waals surface area (Å²) >= 11 is 0. The lowest BCUT2D eigenvalue weighted by Crippen LogP contribution is -2.51. The number of nitrogens with zero attached hydrogens (tertiary/aromatic N) is 2. The van der Waals surface area contributed by atoms with E-state index in [2.05, 4.69) is 0 Å². The van der Waals surface area contributed by atoms with Crippen molar-refractivity contribution < 1.29 is 38.1 Å². The van der Waals surface area contributed by atoms with Crippen molar-refractivity contribution in [2.75, 3.05) is 39.3 Å². The summed E-state index contributed by atoms with van der Waals surface area (Å²) in [6.07, 6.45) is 1.75. The van der Waals surface area contributed by atoms with Gasteiger partial charge in [-0.2, -0.15) is 0 Å². The monoisotopic (exact) mass is 587 g/mol. The molecule has 0 unspecified atom stereocenters. The molecule has 0 aromatic heterocycles. The second kappa shape index (κ2) is 16.4. The summed E-state index contributed by atoms with van der Waals surface area (Å²) in [6, 6.07) is -0.766. The van der Waals surface area contributed by atoms with Crippen LogP contribution in [0.1, 0.15) is 102 Å². The first-order chi connectivity index (χ1) is 18.4. The van der Waals surface area contributed by atoms with Crippen LogP contribution in [0.2, 0.25) is 0 Å². The number of esters is 4. The van der Waals surface area contributed by atoms with E-state index in [1.54, 1.807) is 92.9 Å². The standard InChI is InChI=1S/C30H57N3O8/c1-27(2,3)38-23(34)19-32(20-24(35)39-28(4,5)6)17-18-33(21-25(36)40-29(7,8)9)22(15-13-14-16-31)26(37)41-30(10,11)12/h22H,13-21,31H2,1-12H3/t22-/m0/s1. The van der Waals surface area contributed by atoms with Gasteiger partial charge >= 0.3 is 23.9 Å². The van der Waals surface area contributed by atoms with E-state index in [1.807, 2.05) is 0 Å². The van der Waals surface area contributed by atoms with Crippen LogP contribution >= 0.6 is 0 Å². The lowest BCUT2D eigenvalue weighted by molar-refractivity contribution is -0.167. The van der Waals surface area contributed by atoms with E-state index in [0.29, 0.717) is 25.8 Å². The average Bonchev–Trinajstić information content (AvgIpc) is 2.68. The van der Waals surface area contributed by atoms with Crippen molar-refractivity contribution in [3.05, 3.63) is 0 Å². The van der Waals surface area contributed by atoms with E-state index in [0.717, 1.165) is 0 Å². The molecular weight excluding hydrogens is 530 g/mol. The Morgan fingerprint density at radius 3 is 1.34 bits per heavy atom. The molecule has 0 spiro atoms. The Morgan fingerprint density at radius 2 is 0.976 bits per heavy atom. The zero-order valence-electron chi connectivity index (χ0n) is 27.7. The molecule has 0 saturated carbocycles. The zero-order chi connectivity index (χ0) is 32.2. The molecular formula is C30H57N3O8. The molecule has 1 atom stereocenters. The summed E-state index contributed by atoms with van der Waals surface area (Å²) in [4.78, 5) is 55.0. The van der Waals surface area contributed by atoms with Crippen LogP contribution < -0.4 is 5.73 Å². The summed E-state index contributed by atoms with van der Waals surface area (Å²) < 4.78 is 22.2. The van der Waals surface area contributed by atoms with Crippen LogP contribution in [0.25, 0.3) is 0 Å². The Balaban J connectivity index is 6.17. The highest BCUT2D eigenvalue weighted by Crippen LogP contribution is 2.18. The molecule has 0 aromatic rings. The van der Waals surface area contributed by atoms with Gasteiger partial charge in [0.2, 0.25) is 0 Å². The highest BCUT2D eigenvalue weighted by atomic mass is 16.6. The Kier molecular flexibility index (Phi) is 15.5. The van der Waals surface area contributed by atoms with Crippen LogP contribution in [-0.2, 0) is 38.1 Å². The SMILES string of the molecule is CC(C)(C)OC(=O)CN(CCN(CC(=O)OC(C)(C)C)[C@@H](CCCCN)C(=O)OC(C)(C)C)CC(=O)OC(C)(C)C. The molecule has 2 N–H and O–H groups in total. The first kappa shape index (κ1) is 38.8. The van der Waals surface area contributed by atoms with E-state index >= 15 is 0 Å². The molecule has 0 aliphatic rings. The number of ether oxygens (including phenoxy) is 4. The van der Waals surface area contributed by atoms with Crippen molar-refractivity contribution in [1.29, 1.82) is 0 Å². The van der Waals surface area contributed by atoms with Crippen LogP contribution in [0.4, 0.5) is 0 Å². The Morgan fingerprint density at radius 1 is 0.585 bits per heavy atom. The minimum atomic E-state index is -0.766. The van der Waals surface area contributed by atoms with Gasteiger partial charge in [0.15, 0.2) is 0 Å². The van der Waals surface area contributed by atoms with Crippen LogP contribution in [0.3, 0.4) is 0 Å². The Labute approximate surface area is 247 Å². The summed E-state index contributed by atoms with van der Waals surface area (Å²) in [5, 5.41) is 0. The third-order valence-electron chi connectivity index (χ3n) is 5.05. The fourth-order valence-corrected chi connectivity index (χ4v) is 3.78. The number of carbonyl (C=O) groups is 4. The number of unbranched alkanes of at least 4 members (excludes halogenated alkanes) is 1. The minimum Gasteiger partial charge on any atom is -0.459 e. The van der Waals surface area contributed by atoms with Gasteiger partial charge in [-0.3, -0.25) is 29.0 Å². The van der Waals surface area contributed by atoms with Gasteiger partial charge < -0.3 is 24.7 Å². The van der Waals surface area contributed by atoms with Crippen LogP contribution in [0, 0.1) is 0 Å². The molecule has 0 fully saturated rings. The van der Waals surface area contributed by atoms with Crippen LogP contribution in [0.5, 0.6) is 0 Å². The van der Waals surface area contributed by atoms with Crippen molar-refractivity contribution in [2.24, 2.45) is 5.73 Å². The van der Waals surface area contributed by atoms with E-state index in [4.69, 9.17) is 24.7 Å². The van der Waals surface area contributed by atoms with Gasteiger partial charge in [0.25, 0.3) is 0 Å². The highest BCUT2D eigenvalue weighted by Gasteiger charge is 2.33. The molecule has 11 heteroatoms. The van der Waals surface area contributed by atoms with Gasteiger partial charge in [-0.05, 0) is 102 Å². The fourth-order valence-electron chi connectivity index (χ4n) is 3.78. The predicted octanol–water partition coefficient (Wildman–Crippen LogP) is 3.45. The third-order valence-corrected chi connectivity index (χ3v) is 5.05. The molecule has 0 aliphatic carbocycles. The lowest BCUT2D eigenvalue weighted by atomic mass is 10.1. The zero-order valence-corrected chi connectivity index (χ0v) is 27.7. The molecule has 0 bridgehead atoms. The first-order valence-electron chi connectivity index (χ1n) is 14.5. The molecule has 11 nitrogen and oxygen atoms in total. The maximum absolute atomic E-state index is 13.4. The van der Waals surface area contributed by atoms with Crippen molar-refractivity contribution in [3.63, 3.8) is 0 Å². The van der Waals surface area contributed by atoms with E-state index in [9.17, 15) is 19.2 Å². The van der Waals surface area contributed by atoms with Crippen molar-refractivity contribution >= 4 is 23.9 Å². The Bertz CT molecular complexity index is 818. The van der Waals surface area contributed by atoms with Gasteiger partial charge in [0.1, 0.15) is 28.4 Å². The number of hydrogen-bond donors (Lipinski definition) is 1. The van der Waals surface area contributed by atoms with Gasteiger partial charge in [-0.15, -0.1) is 0 Å². The molecule has 0 aliphatic heterocycles. The topological polar surface area (TPSA) is 138 Å². The molecule has 0 heterocycles. The average molecular weight is 588 g/mol. The molecule has 41 heavy (non-hydrogen) atoms. The van der Waals surface area contributed by atoms with Gasteiger partial charge in [0.05, 0.1) is 19.6 Å². The van der Waals surface area contributed by atoms with Gasteiger partial charge in [0, 0.05) is 13.1 Å². The van der Waals surface area contributed by atoms with Crippen molar-refractivity contribution in [2.45, 2.75) is 131 Å².